The summed E-state index contributed by atoms with van der Waals surface area (Å²) in [5, 5.41) is 0. The molecule has 1 aliphatic heterocycles. The minimum absolute atomic E-state index is 0.115. The second-order valence-electron chi connectivity index (χ2n) is 4.93. The van der Waals surface area contributed by atoms with Gasteiger partial charge in [-0.15, -0.1) is 0 Å². The smallest absolute Gasteiger partial charge is 0.316 e. The third-order valence-corrected chi connectivity index (χ3v) is 3.74. The summed E-state index contributed by atoms with van der Waals surface area (Å²) in [5.41, 5.74) is 0.410. The zero-order valence-corrected chi connectivity index (χ0v) is 13.8. The molecule has 1 atom stereocenters. The Morgan fingerprint density at radius 1 is 1.35 bits per heavy atom. The maximum atomic E-state index is 12.5. The molecule has 1 aliphatic rings. The highest BCUT2D eigenvalue weighted by molar-refractivity contribution is 9.10. The molecule has 120 valence electrons. The van der Waals surface area contributed by atoms with E-state index in [1.54, 1.807) is 41.6 Å². The number of carbonyl (C=O) groups excluding carboxylic acids is 1. The lowest BCUT2D eigenvalue weighted by molar-refractivity contribution is -0.0415. The van der Waals surface area contributed by atoms with Crippen LogP contribution in [0.15, 0.2) is 41.3 Å². The van der Waals surface area contributed by atoms with Crippen molar-refractivity contribution in [1.82, 2.24) is 19.9 Å². The van der Waals surface area contributed by atoms with Crippen LogP contribution in [0.4, 0.5) is 0 Å². The molecule has 2 aromatic heterocycles. The first-order chi connectivity index (χ1) is 11.2. The van der Waals surface area contributed by atoms with Crippen LogP contribution in [0.3, 0.4) is 0 Å². The number of carbonyl (C=O) groups is 1. The molecule has 0 bridgehead atoms. The van der Waals surface area contributed by atoms with E-state index in [0.29, 0.717) is 42.6 Å². The van der Waals surface area contributed by atoms with Crippen LogP contribution in [0.1, 0.15) is 10.5 Å². The van der Waals surface area contributed by atoms with Crippen molar-refractivity contribution in [2.75, 3.05) is 26.3 Å². The molecule has 1 saturated heterocycles. The number of nitrogens with zero attached hydrogens (tertiary/aromatic N) is 4. The molecule has 23 heavy (non-hydrogen) atoms. The highest BCUT2D eigenvalue weighted by atomic mass is 79.9. The molecular weight excluding hydrogens is 364 g/mol. The number of ether oxygens (including phenoxy) is 2. The molecule has 7 nitrogen and oxygen atoms in total. The van der Waals surface area contributed by atoms with E-state index in [4.69, 9.17) is 9.47 Å². The van der Waals surface area contributed by atoms with Crippen molar-refractivity contribution in [2.45, 2.75) is 6.10 Å². The lowest BCUT2D eigenvalue weighted by Crippen LogP contribution is -2.47. The van der Waals surface area contributed by atoms with Crippen molar-refractivity contribution in [3.8, 4) is 6.01 Å². The fraction of sp³-hybridized carbons (Fsp3) is 0.333. The summed E-state index contributed by atoms with van der Waals surface area (Å²) in [6.45, 7) is 1.73. The van der Waals surface area contributed by atoms with Crippen LogP contribution in [0.5, 0.6) is 6.01 Å². The first kappa shape index (κ1) is 15.8. The van der Waals surface area contributed by atoms with Crippen molar-refractivity contribution in [3.05, 3.63) is 47.0 Å². The molecule has 0 aliphatic carbocycles. The van der Waals surface area contributed by atoms with Gasteiger partial charge in [-0.3, -0.25) is 4.79 Å². The molecule has 3 rings (SSSR count). The number of aromatic nitrogens is 3. The summed E-state index contributed by atoms with van der Waals surface area (Å²) in [6, 6.07) is 7.29. The van der Waals surface area contributed by atoms with Crippen molar-refractivity contribution in [3.63, 3.8) is 0 Å². The third kappa shape index (κ3) is 4.23. The Bertz CT molecular complexity index is 671. The SMILES string of the molecule is O=C(c1cccc(Br)n1)N1CCOC(COc2ncccn2)C1. The highest BCUT2D eigenvalue weighted by Crippen LogP contribution is 2.13. The van der Waals surface area contributed by atoms with Crippen molar-refractivity contribution >= 4 is 21.8 Å². The Kier molecular flexibility index (Phi) is 5.14. The van der Waals surface area contributed by atoms with E-state index >= 15 is 0 Å². The number of hydrogen-bond acceptors (Lipinski definition) is 6. The summed E-state index contributed by atoms with van der Waals surface area (Å²) in [7, 11) is 0. The molecular formula is C15H15BrN4O3. The van der Waals surface area contributed by atoms with Gasteiger partial charge in [-0.1, -0.05) is 6.07 Å². The van der Waals surface area contributed by atoms with Crippen LogP contribution in [-0.4, -0.2) is 58.2 Å². The van der Waals surface area contributed by atoms with Crippen LogP contribution in [0.25, 0.3) is 0 Å². The van der Waals surface area contributed by atoms with Gasteiger partial charge in [0, 0.05) is 18.9 Å². The van der Waals surface area contributed by atoms with E-state index in [1.807, 2.05) is 0 Å². The first-order valence-corrected chi connectivity index (χ1v) is 7.95. The van der Waals surface area contributed by atoms with Gasteiger partial charge in [0.2, 0.25) is 0 Å². The topological polar surface area (TPSA) is 77.4 Å². The van der Waals surface area contributed by atoms with Gasteiger partial charge in [-0.05, 0) is 34.1 Å². The van der Waals surface area contributed by atoms with Crippen LogP contribution in [0.2, 0.25) is 0 Å². The van der Waals surface area contributed by atoms with E-state index in [1.165, 1.54) is 0 Å². The van der Waals surface area contributed by atoms with Gasteiger partial charge in [0.1, 0.15) is 23.0 Å². The van der Waals surface area contributed by atoms with E-state index in [0.717, 1.165) is 0 Å². The molecule has 1 amide bonds. The summed E-state index contributed by atoms with van der Waals surface area (Å²) < 4.78 is 11.8. The van der Waals surface area contributed by atoms with E-state index in [-0.39, 0.29) is 12.0 Å². The standard InChI is InChI=1S/C15H15BrN4O3/c16-13-4-1-3-12(19-13)14(21)20-7-8-22-11(9-20)10-23-15-17-5-2-6-18-15/h1-6,11H,7-10H2. The fourth-order valence-electron chi connectivity index (χ4n) is 2.22. The summed E-state index contributed by atoms with van der Waals surface area (Å²) in [4.78, 5) is 26.4. The van der Waals surface area contributed by atoms with Crippen LogP contribution in [0, 0.1) is 0 Å². The van der Waals surface area contributed by atoms with Crippen molar-refractivity contribution in [2.24, 2.45) is 0 Å². The maximum absolute atomic E-state index is 12.5. The molecule has 8 heteroatoms. The van der Waals surface area contributed by atoms with Crippen molar-refractivity contribution < 1.29 is 14.3 Å². The van der Waals surface area contributed by atoms with Gasteiger partial charge >= 0.3 is 6.01 Å². The van der Waals surface area contributed by atoms with Gasteiger partial charge in [-0.2, -0.15) is 0 Å². The number of pyridine rings is 1. The van der Waals surface area contributed by atoms with Crippen LogP contribution >= 0.6 is 15.9 Å². The van der Waals surface area contributed by atoms with Gasteiger partial charge in [0.15, 0.2) is 0 Å². The average molecular weight is 379 g/mol. The molecule has 3 heterocycles. The minimum atomic E-state index is -0.219. The Morgan fingerprint density at radius 2 is 2.17 bits per heavy atom. The van der Waals surface area contributed by atoms with Gasteiger partial charge in [0.05, 0.1) is 13.2 Å². The molecule has 1 unspecified atom stereocenters. The van der Waals surface area contributed by atoms with Crippen LogP contribution < -0.4 is 4.74 Å². The lowest BCUT2D eigenvalue weighted by atomic mass is 10.2. The van der Waals surface area contributed by atoms with Gasteiger partial charge < -0.3 is 14.4 Å². The number of halogens is 1. The minimum Gasteiger partial charge on any atom is -0.461 e. The van der Waals surface area contributed by atoms with Crippen molar-refractivity contribution in [1.29, 1.82) is 0 Å². The molecule has 0 aromatic carbocycles. The fourth-order valence-corrected chi connectivity index (χ4v) is 2.57. The van der Waals surface area contributed by atoms with Gasteiger partial charge in [-0.25, -0.2) is 15.0 Å². The Balaban J connectivity index is 1.58. The summed E-state index contributed by atoms with van der Waals surface area (Å²) in [6.07, 6.45) is 3.00. The third-order valence-electron chi connectivity index (χ3n) is 3.30. The largest absolute Gasteiger partial charge is 0.461 e. The zero-order chi connectivity index (χ0) is 16.1. The predicted octanol–water partition coefficient (Wildman–Crippen LogP) is 1.55. The number of amides is 1. The highest BCUT2D eigenvalue weighted by Gasteiger charge is 2.26. The summed E-state index contributed by atoms with van der Waals surface area (Å²) in [5.74, 6) is -0.115. The molecule has 1 fully saturated rings. The Hall–Kier alpha value is -2.06. The number of morpholine rings is 1. The molecule has 0 N–H and O–H groups in total. The maximum Gasteiger partial charge on any atom is 0.316 e. The molecule has 0 spiro atoms. The van der Waals surface area contributed by atoms with E-state index < -0.39 is 0 Å². The lowest BCUT2D eigenvalue weighted by Gasteiger charge is -2.32. The second-order valence-corrected chi connectivity index (χ2v) is 5.74. The monoisotopic (exact) mass is 378 g/mol. The Morgan fingerprint density at radius 3 is 2.96 bits per heavy atom. The Labute approximate surface area is 141 Å². The van der Waals surface area contributed by atoms with E-state index in [9.17, 15) is 4.79 Å². The summed E-state index contributed by atoms with van der Waals surface area (Å²) >= 11 is 3.28. The number of hydrogen-bond donors (Lipinski definition) is 0. The first-order valence-electron chi connectivity index (χ1n) is 7.15. The number of rotatable bonds is 4. The normalized spacial score (nSPS) is 17.8. The van der Waals surface area contributed by atoms with Gasteiger partial charge in [0.25, 0.3) is 5.91 Å². The second kappa shape index (κ2) is 7.47. The van der Waals surface area contributed by atoms with E-state index in [2.05, 4.69) is 30.9 Å². The molecule has 2 aromatic rings. The van der Waals surface area contributed by atoms with Crippen LogP contribution in [-0.2, 0) is 4.74 Å². The zero-order valence-electron chi connectivity index (χ0n) is 12.3. The molecule has 0 radical (unpaired) electrons. The predicted molar refractivity (Wildman–Crippen MR) is 85.1 cm³/mol. The average Bonchev–Trinajstić information content (AvgIpc) is 2.60. The molecule has 0 saturated carbocycles. The quantitative estimate of drug-likeness (QED) is 0.751.